The van der Waals surface area contributed by atoms with E-state index in [0.29, 0.717) is 6.04 Å². The first kappa shape index (κ1) is 14.8. The van der Waals surface area contributed by atoms with E-state index in [9.17, 15) is 4.39 Å². The first-order valence-electron chi connectivity index (χ1n) is 6.96. The Kier molecular flexibility index (Phi) is 5.20. The number of nitrogens with one attached hydrogen (secondary N) is 1. The molecule has 1 fully saturated rings. The standard InChI is InChI=1S/C15H22ClFN2/c1-11(12-6-7-15(17)14(16)9-12)18-10-13-5-3-4-8-19(13)2/h6-7,9,11,13,18H,3-5,8,10H2,1-2H3. The first-order chi connectivity index (χ1) is 9.08. The molecule has 19 heavy (non-hydrogen) atoms. The SMILES string of the molecule is CC(NCC1CCCCN1C)c1ccc(F)c(Cl)c1. The van der Waals surface area contributed by atoms with Crippen LogP contribution in [0.3, 0.4) is 0 Å². The molecule has 0 saturated carbocycles. The van der Waals surface area contributed by atoms with E-state index in [0.717, 1.165) is 12.1 Å². The fourth-order valence-electron chi connectivity index (χ4n) is 2.61. The summed E-state index contributed by atoms with van der Waals surface area (Å²) in [6, 6.07) is 5.73. The summed E-state index contributed by atoms with van der Waals surface area (Å²) in [5.74, 6) is -0.357. The third-order valence-corrected chi connectivity index (χ3v) is 4.31. The molecule has 1 aliphatic rings. The third kappa shape index (κ3) is 3.91. The number of likely N-dealkylation sites (tertiary alicyclic amines) is 1. The number of nitrogens with zero attached hydrogens (tertiary/aromatic N) is 1. The largest absolute Gasteiger partial charge is 0.309 e. The first-order valence-corrected chi connectivity index (χ1v) is 7.34. The summed E-state index contributed by atoms with van der Waals surface area (Å²) in [6.45, 7) is 4.24. The monoisotopic (exact) mass is 284 g/mol. The zero-order valence-corrected chi connectivity index (χ0v) is 12.4. The van der Waals surface area contributed by atoms with E-state index in [1.807, 2.05) is 0 Å². The lowest BCUT2D eigenvalue weighted by molar-refractivity contribution is 0.178. The predicted octanol–water partition coefficient (Wildman–Crippen LogP) is 3.61. The molecule has 4 heteroatoms. The molecule has 2 rings (SSSR count). The van der Waals surface area contributed by atoms with E-state index < -0.39 is 0 Å². The Balaban J connectivity index is 1.89. The zero-order chi connectivity index (χ0) is 13.8. The molecular formula is C15H22ClFN2. The maximum atomic E-state index is 13.1. The Morgan fingerprint density at radius 1 is 1.47 bits per heavy atom. The van der Waals surface area contributed by atoms with Gasteiger partial charge < -0.3 is 10.2 Å². The van der Waals surface area contributed by atoms with E-state index in [2.05, 4.69) is 24.2 Å². The lowest BCUT2D eigenvalue weighted by Gasteiger charge is -2.33. The second-order valence-electron chi connectivity index (χ2n) is 5.43. The fraction of sp³-hybridized carbons (Fsp3) is 0.600. The number of piperidine rings is 1. The predicted molar refractivity (Wildman–Crippen MR) is 78.1 cm³/mol. The van der Waals surface area contributed by atoms with Crippen LogP contribution in [0.5, 0.6) is 0 Å². The highest BCUT2D eigenvalue weighted by molar-refractivity contribution is 6.30. The molecule has 0 bridgehead atoms. The van der Waals surface area contributed by atoms with Crippen molar-refractivity contribution in [2.75, 3.05) is 20.1 Å². The quantitative estimate of drug-likeness (QED) is 0.908. The number of hydrogen-bond acceptors (Lipinski definition) is 2. The van der Waals surface area contributed by atoms with Gasteiger partial charge in [0.05, 0.1) is 5.02 Å². The van der Waals surface area contributed by atoms with Crippen LogP contribution in [0.4, 0.5) is 4.39 Å². The highest BCUT2D eigenvalue weighted by Gasteiger charge is 2.19. The van der Waals surface area contributed by atoms with Crippen LogP contribution < -0.4 is 5.32 Å². The summed E-state index contributed by atoms with van der Waals surface area (Å²) >= 11 is 5.82. The summed E-state index contributed by atoms with van der Waals surface area (Å²) in [6.07, 6.45) is 3.87. The molecule has 2 atom stereocenters. The Morgan fingerprint density at radius 2 is 2.26 bits per heavy atom. The van der Waals surface area contributed by atoms with Crippen LogP contribution in [0.1, 0.15) is 37.8 Å². The second-order valence-corrected chi connectivity index (χ2v) is 5.84. The molecule has 1 N–H and O–H groups in total. The van der Waals surface area contributed by atoms with Crippen LogP contribution in [0.2, 0.25) is 5.02 Å². The smallest absolute Gasteiger partial charge is 0.141 e. The van der Waals surface area contributed by atoms with Crippen molar-refractivity contribution in [2.24, 2.45) is 0 Å². The minimum Gasteiger partial charge on any atom is -0.309 e. The Labute approximate surface area is 119 Å². The van der Waals surface area contributed by atoms with Crippen molar-refractivity contribution >= 4 is 11.6 Å². The average molecular weight is 285 g/mol. The topological polar surface area (TPSA) is 15.3 Å². The summed E-state index contributed by atoms with van der Waals surface area (Å²) in [5, 5.41) is 3.72. The van der Waals surface area contributed by atoms with Gasteiger partial charge in [-0.1, -0.05) is 24.1 Å². The van der Waals surface area contributed by atoms with Gasteiger partial charge in [-0.15, -0.1) is 0 Å². The summed E-state index contributed by atoms with van der Waals surface area (Å²) in [7, 11) is 2.19. The molecule has 0 radical (unpaired) electrons. The van der Waals surface area contributed by atoms with Gasteiger partial charge in [-0.25, -0.2) is 4.39 Å². The zero-order valence-electron chi connectivity index (χ0n) is 11.6. The van der Waals surface area contributed by atoms with Crippen molar-refractivity contribution in [3.05, 3.63) is 34.6 Å². The van der Waals surface area contributed by atoms with Gasteiger partial charge in [0, 0.05) is 18.6 Å². The van der Waals surface area contributed by atoms with Crippen LogP contribution in [0.15, 0.2) is 18.2 Å². The van der Waals surface area contributed by atoms with Gasteiger partial charge in [-0.3, -0.25) is 0 Å². The molecule has 2 unspecified atom stereocenters. The molecule has 1 saturated heterocycles. The maximum absolute atomic E-state index is 13.1. The van der Waals surface area contributed by atoms with Gasteiger partial charge in [0.15, 0.2) is 0 Å². The van der Waals surface area contributed by atoms with E-state index in [1.165, 1.54) is 31.9 Å². The Bertz CT molecular complexity index is 425. The summed E-state index contributed by atoms with van der Waals surface area (Å²) in [4.78, 5) is 2.42. The highest BCUT2D eigenvalue weighted by atomic mass is 35.5. The van der Waals surface area contributed by atoms with Crippen molar-refractivity contribution in [2.45, 2.75) is 38.3 Å². The van der Waals surface area contributed by atoms with Crippen molar-refractivity contribution in [1.29, 1.82) is 0 Å². The van der Waals surface area contributed by atoms with Crippen LogP contribution in [0.25, 0.3) is 0 Å². The van der Waals surface area contributed by atoms with Crippen LogP contribution in [-0.4, -0.2) is 31.1 Å². The lowest BCUT2D eigenvalue weighted by Crippen LogP contribution is -2.43. The molecule has 1 heterocycles. The molecule has 0 amide bonds. The second kappa shape index (κ2) is 6.69. The van der Waals surface area contributed by atoms with E-state index in [1.54, 1.807) is 12.1 Å². The summed E-state index contributed by atoms with van der Waals surface area (Å²) < 4.78 is 13.1. The fourth-order valence-corrected chi connectivity index (χ4v) is 2.80. The van der Waals surface area contributed by atoms with E-state index >= 15 is 0 Å². The van der Waals surface area contributed by atoms with Crippen molar-refractivity contribution in [3.63, 3.8) is 0 Å². The Hall–Kier alpha value is -0.640. The van der Waals surface area contributed by atoms with Crippen molar-refractivity contribution < 1.29 is 4.39 Å². The van der Waals surface area contributed by atoms with E-state index in [4.69, 9.17) is 11.6 Å². The maximum Gasteiger partial charge on any atom is 0.141 e. The molecule has 1 aromatic carbocycles. The molecule has 0 aromatic heterocycles. The van der Waals surface area contributed by atoms with Crippen LogP contribution in [0, 0.1) is 5.82 Å². The van der Waals surface area contributed by atoms with Crippen LogP contribution in [-0.2, 0) is 0 Å². The molecule has 1 aromatic rings. The molecule has 2 nitrogen and oxygen atoms in total. The average Bonchev–Trinajstić information content (AvgIpc) is 2.40. The molecule has 0 aliphatic carbocycles. The van der Waals surface area contributed by atoms with Crippen molar-refractivity contribution in [3.8, 4) is 0 Å². The van der Waals surface area contributed by atoms with Gasteiger partial charge in [0.2, 0.25) is 0 Å². The molecule has 106 valence electrons. The van der Waals surface area contributed by atoms with Gasteiger partial charge >= 0.3 is 0 Å². The molecule has 0 spiro atoms. The highest BCUT2D eigenvalue weighted by Crippen LogP contribution is 2.21. The van der Waals surface area contributed by atoms with Crippen molar-refractivity contribution in [1.82, 2.24) is 10.2 Å². The number of halogens is 2. The number of rotatable bonds is 4. The molecular weight excluding hydrogens is 263 g/mol. The van der Waals surface area contributed by atoms with Gasteiger partial charge in [0.25, 0.3) is 0 Å². The number of benzene rings is 1. The van der Waals surface area contributed by atoms with Gasteiger partial charge in [-0.2, -0.15) is 0 Å². The van der Waals surface area contributed by atoms with Gasteiger partial charge in [-0.05, 0) is 51.1 Å². The minimum absolute atomic E-state index is 0.188. The van der Waals surface area contributed by atoms with Crippen LogP contribution >= 0.6 is 11.6 Å². The lowest BCUT2D eigenvalue weighted by atomic mass is 10.0. The molecule has 1 aliphatic heterocycles. The minimum atomic E-state index is -0.357. The normalized spacial score (nSPS) is 22.4. The van der Waals surface area contributed by atoms with Gasteiger partial charge in [0.1, 0.15) is 5.82 Å². The third-order valence-electron chi connectivity index (χ3n) is 4.02. The number of hydrogen-bond donors (Lipinski definition) is 1. The van der Waals surface area contributed by atoms with E-state index in [-0.39, 0.29) is 16.9 Å². The Morgan fingerprint density at radius 3 is 2.95 bits per heavy atom. The summed E-state index contributed by atoms with van der Waals surface area (Å²) in [5.41, 5.74) is 1.03. The number of likely N-dealkylation sites (N-methyl/N-ethyl adjacent to an activating group) is 1.